The van der Waals surface area contributed by atoms with Gasteiger partial charge in [0.25, 0.3) is 0 Å². The van der Waals surface area contributed by atoms with E-state index >= 15 is 0 Å². The number of amides is 1. The molecule has 1 N–H and O–H groups in total. The fraction of sp³-hybridized carbons (Fsp3) is 0.250. The molecule has 0 aliphatic carbocycles. The van der Waals surface area contributed by atoms with Gasteiger partial charge in [-0.2, -0.15) is 0 Å². The van der Waals surface area contributed by atoms with Crippen molar-refractivity contribution >= 4 is 35.0 Å². The molecule has 3 rings (SSSR count). The van der Waals surface area contributed by atoms with Gasteiger partial charge in [0.15, 0.2) is 17.1 Å². The Labute approximate surface area is 173 Å². The summed E-state index contributed by atoms with van der Waals surface area (Å²) in [5, 5.41) is 12.7. The zero-order valence-corrected chi connectivity index (χ0v) is 17.2. The first kappa shape index (κ1) is 20.2. The van der Waals surface area contributed by atoms with E-state index in [1.54, 1.807) is 24.3 Å². The molecule has 28 heavy (non-hydrogen) atoms. The fourth-order valence-electron chi connectivity index (χ4n) is 2.62. The Morgan fingerprint density at radius 1 is 1.18 bits per heavy atom. The zero-order chi connectivity index (χ0) is 19.9. The fourth-order valence-corrected chi connectivity index (χ4v) is 3.56. The summed E-state index contributed by atoms with van der Waals surface area (Å²) in [7, 11) is 0. The lowest BCUT2D eigenvalue weighted by atomic mass is 10.3. The third kappa shape index (κ3) is 5.27. The predicted molar refractivity (Wildman–Crippen MR) is 112 cm³/mol. The molecule has 1 atom stereocenters. The van der Waals surface area contributed by atoms with Gasteiger partial charge < -0.3 is 14.6 Å². The highest BCUT2D eigenvalue weighted by atomic mass is 35.5. The van der Waals surface area contributed by atoms with Crippen LogP contribution in [-0.2, 0) is 11.3 Å². The highest BCUT2D eigenvalue weighted by molar-refractivity contribution is 7.99. The van der Waals surface area contributed by atoms with E-state index in [-0.39, 0.29) is 17.8 Å². The van der Waals surface area contributed by atoms with Crippen LogP contribution in [0.15, 0.2) is 59.8 Å². The molecule has 0 radical (unpaired) electrons. The van der Waals surface area contributed by atoms with Crippen molar-refractivity contribution in [3.63, 3.8) is 0 Å². The van der Waals surface area contributed by atoms with Crippen LogP contribution in [0.5, 0.6) is 5.75 Å². The van der Waals surface area contributed by atoms with E-state index in [1.165, 1.54) is 11.8 Å². The van der Waals surface area contributed by atoms with Gasteiger partial charge in [0.1, 0.15) is 5.75 Å². The molecule has 0 spiro atoms. The average molecular weight is 417 g/mol. The van der Waals surface area contributed by atoms with Crippen LogP contribution in [0.2, 0.25) is 5.02 Å². The second-order valence-electron chi connectivity index (χ2n) is 6.00. The number of hydrogen-bond acceptors (Lipinski definition) is 5. The lowest BCUT2D eigenvalue weighted by Crippen LogP contribution is -2.15. The van der Waals surface area contributed by atoms with E-state index in [0.29, 0.717) is 22.4 Å². The number of para-hydroxylation sites is 1. The number of hydrogen-bond donors (Lipinski definition) is 1. The van der Waals surface area contributed by atoms with Gasteiger partial charge in [-0.3, -0.25) is 4.79 Å². The summed E-state index contributed by atoms with van der Waals surface area (Å²) in [6.45, 7) is 4.64. The maximum atomic E-state index is 12.2. The Balaban J connectivity index is 1.61. The third-order valence-electron chi connectivity index (χ3n) is 3.94. The minimum Gasteiger partial charge on any atom is -0.483 e. The van der Waals surface area contributed by atoms with Crippen molar-refractivity contribution in [1.82, 2.24) is 14.8 Å². The lowest BCUT2D eigenvalue weighted by Gasteiger charge is -2.15. The Hall–Kier alpha value is -2.51. The maximum Gasteiger partial charge on any atom is 0.234 e. The van der Waals surface area contributed by atoms with Gasteiger partial charge in [-0.25, -0.2) is 0 Å². The van der Waals surface area contributed by atoms with Crippen molar-refractivity contribution in [2.45, 2.75) is 31.7 Å². The van der Waals surface area contributed by atoms with Gasteiger partial charge >= 0.3 is 0 Å². The molecular formula is C20H21ClN4O2S. The number of benzene rings is 2. The largest absolute Gasteiger partial charge is 0.483 e. The molecule has 0 saturated carbocycles. The first-order chi connectivity index (χ1) is 13.6. The highest BCUT2D eigenvalue weighted by Crippen LogP contribution is 2.24. The number of rotatable bonds is 8. The molecule has 6 nitrogen and oxygen atoms in total. The molecule has 0 bridgehead atoms. The summed E-state index contributed by atoms with van der Waals surface area (Å²) in [4.78, 5) is 12.2. The highest BCUT2D eigenvalue weighted by Gasteiger charge is 2.19. The molecule has 1 heterocycles. The molecule has 0 unspecified atom stereocenters. The van der Waals surface area contributed by atoms with E-state index < -0.39 is 0 Å². The van der Waals surface area contributed by atoms with E-state index in [4.69, 9.17) is 16.3 Å². The van der Waals surface area contributed by atoms with E-state index in [1.807, 2.05) is 48.7 Å². The molecule has 8 heteroatoms. The summed E-state index contributed by atoms with van der Waals surface area (Å²) >= 11 is 7.20. The van der Waals surface area contributed by atoms with Crippen molar-refractivity contribution in [3.8, 4) is 5.75 Å². The number of nitrogens with zero attached hydrogens (tertiary/aromatic N) is 3. The molecule has 0 fully saturated rings. The van der Waals surface area contributed by atoms with Crippen LogP contribution >= 0.6 is 23.4 Å². The number of halogens is 1. The topological polar surface area (TPSA) is 69.0 Å². The molecule has 0 aliphatic rings. The number of carbonyl (C=O) groups excluding carboxylic acids is 1. The Morgan fingerprint density at radius 3 is 2.57 bits per heavy atom. The summed E-state index contributed by atoms with van der Waals surface area (Å²) < 4.78 is 7.91. The smallest absolute Gasteiger partial charge is 0.234 e. The van der Waals surface area contributed by atoms with Crippen molar-refractivity contribution in [2.75, 3.05) is 11.1 Å². The summed E-state index contributed by atoms with van der Waals surface area (Å²) in [6.07, 6.45) is -0.257. The molecule has 2 aromatic carbocycles. The Morgan fingerprint density at radius 2 is 1.89 bits per heavy atom. The van der Waals surface area contributed by atoms with Crippen LogP contribution in [0.1, 0.15) is 25.8 Å². The van der Waals surface area contributed by atoms with Gasteiger partial charge in [-0.15, -0.1) is 10.2 Å². The van der Waals surface area contributed by atoms with Crippen LogP contribution in [0, 0.1) is 0 Å². The monoisotopic (exact) mass is 416 g/mol. The third-order valence-corrected chi connectivity index (χ3v) is 5.16. The van der Waals surface area contributed by atoms with Gasteiger partial charge in [0.05, 0.1) is 5.75 Å². The number of carbonyl (C=O) groups is 1. The zero-order valence-electron chi connectivity index (χ0n) is 15.6. The van der Waals surface area contributed by atoms with Crippen LogP contribution in [-0.4, -0.2) is 26.4 Å². The standard InChI is InChI=1S/C20H21ClN4O2S/c1-3-25-19(14(2)27-17-7-5-4-6-8-17)23-24-20(25)28-13-18(26)22-16-11-9-15(21)10-12-16/h4-12,14H,3,13H2,1-2H3,(H,22,26)/t14-/m0/s1. The molecule has 1 aromatic heterocycles. The molecule has 146 valence electrons. The minimum atomic E-state index is -0.257. The van der Waals surface area contributed by atoms with E-state index in [2.05, 4.69) is 15.5 Å². The van der Waals surface area contributed by atoms with Crippen LogP contribution in [0.3, 0.4) is 0 Å². The number of nitrogens with one attached hydrogen (secondary N) is 1. The predicted octanol–water partition coefficient (Wildman–Crippen LogP) is 4.82. The van der Waals surface area contributed by atoms with Crippen molar-refractivity contribution in [1.29, 1.82) is 0 Å². The molecule has 3 aromatic rings. The molecule has 0 aliphatic heterocycles. The van der Waals surface area contributed by atoms with Gasteiger partial charge in [0, 0.05) is 17.3 Å². The SMILES string of the molecule is CCn1c(SCC(=O)Nc2ccc(Cl)cc2)nnc1[C@H](C)Oc1ccccc1. The van der Waals surface area contributed by atoms with Crippen LogP contribution < -0.4 is 10.1 Å². The second-order valence-corrected chi connectivity index (χ2v) is 7.38. The van der Waals surface area contributed by atoms with Crippen LogP contribution in [0.4, 0.5) is 5.69 Å². The van der Waals surface area contributed by atoms with Gasteiger partial charge in [-0.05, 0) is 50.2 Å². The molecule has 1 amide bonds. The second kappa shape index (κ2) is 9.61. The van der Waals surface area contributed by atoms with E-state index in [0.717, 1.165) is 11.6 Å². The number of anilines is 1. The maximum absolute atomic E-state index is 12.2. The lowest BCUT2D eigenvalue weighted by molar-refractivity contribution is -0.113. The first-order valence-electron chi connectivity index (χ1n) is 8.90. The summed E-state index contributed by atoms with van der Waals surface area (Å²) in [6, 6.07) is 16.6. The molecule has 0 saturated heterocycles. The average Bonchev–Trinajstić information content (AvgIpc) is 3.12. The summed E-state index contributed by atoms with van der Waals surface area (Å²) in [5.41, 5.74) is 0.706. The summed E-state index contributed by atoms with van der Waals surface area (Å²) in [5.74, 6) is 1.62. The van der Waals surface area contributed by atoms with Crippen molar-refractivity contribution < 1.29 is 9.53 Å². The quantitative estimate of drug-likeness (QED) is 0.533. The van der Waals surface area contributed by atoms with Crippen molar-refractivity contribution in [2.24, 2.45) is 0 Å². The number of ether oxygens (including phenoxy) is 1. The van der Waals surface area contributed by atoms with Crippen LogP contribution in [0.25, 0.3) is 0 Å². The number of thioether (sulfide) groups is 1. The Bertz CT molecular complexity index is 916. The number of aromatic nitrogens is 3. The Kier molecular flexibility index (Phi) is 6.95. The van der Waals surface area contributed by atoms with E-state index in [9.17, 15) is 4.79 Å². The molecular weight excluding hydrogens is 396 g/mol. The van der Waals surface area contributed by atoms with Gasteiger partial charge in [0.2, 0.25) is 5.91 Å². The normalized spacial score (nSPS) is 11.8. The minimum absolute atomic E-state index is 0.117. The van der Waals surface area contributed by atoms with Gasteiger partial charge in [-0.1, -0.05) is 41.6 Å². The van der Waals surface area contributed by atoms with Crippen molar-refractivity contribution in [3.05, 3.63) is 65.4 Å². The first-order valence-corrected chi connectivity index (χ1v) is 10.3.